The number of fused-ring (bicyclic) bond motifs is 1. The molecule has 0 bridgehead atoms. The molecule has 25 heavy (non-hydrogen) atoms. The number of nitrogens with two attached hydrogens (primary N) is 1. The molecule has 0 radical (unpaired) electrons. The molecule has 1 amide bonds. The molecule has 0 spiro atoms. The molecule has 1 aromatic heterocycles. The van der Waals surface area contributed by atoms with Crippen LogP contribution in [0.4, 0.5) is 0 Å². The van der Waals surface area contributed by atoms with E-state index in [2.05, 4.69) is 0 Å². The minimum atomic E-state index is -0.109. The molecule has 1 aliphatic rings. The Balaban J connectivity index is 1.88. The lowest BCUT2D eigenvalue weighted by molar-refractivity contribution is 0.0762. The molecule has 5 heteroatoms. The zero-order valence-corrected chi connectivity index (χ0v) is 14.1. The normalized spacial score (nSPS) is 17.2. The highest BCUT2D eigenvalue weighted by Gasteiger charge is 2.30. The minimum Gasteiger partial charge on any atom is -0.497 e. The van der Waals surface area contributed by atoms with Gasteiger partial charge in [0, 0.05) is 36.1 Å². The summed E-state index contributed by atoms with van der Waals surface area (Å²) in [6, 6.07) is 15.5. The maximum absolute atomic E-state index is 13.1. The van der Waals surface area contributed by atoms with Crippen molar-refractivity contribution in [1.82, 2.24) is 4.90 Å². The smallest absolute Gasteiger partial charge is 0.290 e. The number of hydrogen-bond acceptors (Lipinski definition) is 4. The van der Waals surface area contributed by atoms with Crippen molar-refractivity contribution in [2.45, 2.75) is 12.5 Å². The van der Waals surface area contributed by atoms with Crippen molar-refractivity contribution >= 4 is 16.9 Å². The van der Waals surface area contributed by atoms with Crippen molar-refractivity contribution in [2.75, 3.05) is 20.2 Å². The molecule has 128 valence electrons. The van der Waals surface area contributed by atoms with Crippen LogP contribution < -0.4 is 10.5 Å². The summed E-state index contributed by atoms with van der Waals surface area (Å²) in [4.78, 5) is 14.8. The first kappa shape index (κ1) is 15.7. The van der Waals surface area contributed by atoms with Crippen LogP contribution in [0.25, 0.3) is 22.1 Å². The molecule has 1 saturated heterocycles. The molecule has 1 fully saturated rings. The number of hydrogen-bond donors (Lipinski definition) is 1. The lowest BCUT2D eigenvalue weighted by Crippen LogP contribution is -2.31. The Morgan fingerprint density at radius 3 is 2.72 bits per heavy atom. The first-order valence-corrected chi connectivity index (χ1v) is 8.38. The Labute approximate surface area is 146 Å². The van der Waals surface area contributed by atoms with Gasteiger partial charge in [-0.2, -0.15) is 0 Å². The quantitative estimate of drug-likeness (QED) is 0.797. The third-order valence-electron chi connectivity index (χ3n) is 4.67. The van der Waals surface area contributed by atoms with Crippen LogP contribution in [0.1, 0.15) is 17.0 Å². The summed E-state index contributed by atoms with van der Waals surface area (Å²) in [5, 5.41) is 0.902. The first-order valence-electron chi connectivity index (χ1n) is 8.38. The number of ether oxygens (including phenoxy) is 1. The number of rotatable bonds is 3. The fourth-order valence-electron chi connectivity index (χ4n) is 3.36. The van der Waals surface area contributed by atoms with Gasteiger partial charge in [0.25, 0.3) is 5.91 Å². The molecule has 2 heterocycles. The van der Waals surface area contributed by atoms with Gasteiger partial charge in [-0.15, -0.1) is 0 Å². The number of carbonyl (C=O) groups is 1. The van der Waals surface area contributed by atoms with E-state index in [4.69, 9.17) is 14.9 Å². The van der Waals surface area contributed by atoms with E-state index in [1.54, 1.807) is 12.0 Å². The maximum Gasteiger partial charge on any atom is 0.290 e. The summed E-state index contributed by atoms with van der Waals surface area (Å²) in [6.07, 6.45) is 0.820. The van der Waals surface area contributed by atoms with E-state index < -0.39 is 0 Å². The molecular formula is C20H20N2O3. The molecule has 4 rings (SSSR count). The van der Waals surface area contributed by atoms with Crippen LogP contribution in [0.15, 0.2) is 52.9 Å². The Hall–Kier alpha value is -2.79. The van der Waals surface area contributed by atoms with E-state index in [1.165, 1.54) is 0 Å². The Morgan fingerprint density at radius 1 is 1.24 bits per heavy atom. The van der Waals surface area contributed by atoms with Crippen LogP contribution in [0.3, 0.4) is 0 Å². The molecule has 0 aliphatic carbocycles. The van der Waals surface area contributed by atoms with Gasteiger partial charge in [-0.3, -0.25) is 4.79 Å². The Bertz CT molecular complexity index is 917. The van der Waals surface area contributed by atoms with Crippen LogP contribution in [0.5, 0.6) is 5.75 Å². The lowest BCUT2D eigenvalue weighted by atomic mass is 10.0. The zero-order chi connectivity index (χ0) is 17.4. The van der Waals surface area contributed by atoms with Gasteiger partial charge in [0.2, 0.25) is 5.76 Å². The molecule has 3 aromatic rings. The van der Waals surface area contributed by atoms with Crippen molar-refractivity contribution in [2.24, 2.45) is 5.73 Å². The van der Waals surface area contributed by atoms with Crippen LogP contribution in [-0.4, -0.2) is 37.0 Å². The third-order valence-corrected chi connectivity index (χ3v) is 4.67. The fourth-order valence-corrected chi connectivity index (χ4v) is 3.36. The average molecular weight is 336 g/mol. The maximum atomic E-state index is 13.1. The van der Waals surface area contributed by atoms with Crippen LogP contribution >= 0.6 is 0 Å². The van der Waals surface area contributed by atoms with Crippen LogP contribution in [-0.2, 0) is 0 Å². The van der Waals surface area contributed by atoms with Gasteiger partial charge in [0.1, 0.15) is 11.3 Å². The molecule has 2 aromatic carbocycles. The highest BCUT2D eigenvalue weighted by atomic mass is 16.5. The van der Waals surface area contributed by atoms with Crippen molar-refractivity contribution in [3.05, 3.63) is 54.3 Å². The Kier molecular flexibility index (Phi) is 3.93. The molecule has 1 atom stereocenters. The van der Waals surface area contributed by atoms with Gasteiger partial charge in [-0.1, -0.05) is 30.3 Å². The van der Waals surface area contributed by atoms with E-state index in [9.17, 15) is 4.79 Å². The number of amides is 1. The van der Waals surface area contributed by atoms with E-state index in [0.29, 0.717) is 30.2 Å². The van der Waals surface area contributed by atoms with E-state index >= 15 is 0 Å². The van der Waals surface area contributed by atoms with Crippen LogP contribution in [0, 0.1) is 0 Å². The van der Waals surface area contributed by atoms with Gasteiger partial charge < -0.3 is 19.8 Å². The second-order valence-corrected chi connectivity index (χ2v) is 6.33. The molecule has 5 nitrogen and oxygen atoms in total. The average Bonchev–Trinajstić information content (AvgIpc) is 3.24. The first-order chi connectivity index (χ1) is 12.2. The fraction of sp³-hybridized carbons (Fsp3) is 0.250. The SMILES string of the molecule is COc1ccc2c(-c3ccccc3)c(C(=O)N3CC[C@@H](N)C3)oc2c1. The van der Waals surface area contributed by atoms with E-state index in [0.717, 1.165) is 22.9 Å². The van der Waals surface area contributed by atoms with Crippen molar-refractivity contribution in [1.29, 1.82) is 0 Å². The zero-order valence-electron chi connectivity index (χ0n) is 14.1. The van der Waals surface area contributed by atoms with Gasteiger partial charge in [-0.25, -0.2) is 0 Å². The number of furan rings is 1. The highest BCUT2D eigenvalue weighted by molar-refractivity contribution is 6.08. The monoisotopic (exact) mass is 336 g/mol. The largest absolute Gasteiger partial charge is 0.497 e. The summed E-state index contributed by atoms with van der Waals surface area (Å²) in [6.45, 7) is 1.22. The minimum absolute atomic E-state index is 0.0357. The number of likely N-dealkylation sites (tertiary alicyclic amines) is 1. The van der Waals surface area contributed by atoms with Crippen molar-refractivity contribution in [3.8, 4) is 16.9 Å². The predicted octanol–water partition coefficient (Wildman–Crippen LogP) is 3.28. The van der Waals surface area contributed by atoms with E-state index in [-0.39, 0.29) is 11.9 Å². The standard InChI is InChI=1S/C20H20N2O3/c1-24-15-7-8-16-17(11-15)25-19(18(16)13-5-3-2-4-6-13)20(23)22-10-9-14(21)12-22/h2-8,11,14H,9-10,12,21H2,1H3/t14-/m1/s1. The third kappa shape index (κ3) is 2.76. The summed E-state index contributed by atoms with van der Waals surface area (Å²) in [5.41, 5.74) is 8.39. The summed E-state index contributed by atoms with van der Waals surface area (Å²) < 4.78 is 11.3. The second kappa shape index (κ2) is 6.26. The van der Waals surface area contributed by atoms with Gasteiger partial charge in [0.15, 0.2) is 0 Å². The Morgan fingerprint density at radius 2 is 2.04 bits per heavy atom. The molecule has 1 aliphatic heterocycles. The van der Waals surface area contributed by atoms with Crippen molar-refractivity contribution < 1.29 is 13.9 Å². The number of nitrogens with zero attached hydrogens (tertiary/aromatic N) is 1. The van der Waals surface area contributed by atoms with Crippen molar-refractivity contribution in [3.63, 3.8) is 0 Å². The van der Waals surface area contributed by atoms with Gasteiger partial charge in [0.05, 0.1) is 7.11 Å². The molecule has 0 saturated carbocycles. The van der Waals surface area contributed by atoms with Gasteiger partial charge >= 0.3 is 0 Å². The summed E-state index contributed by atoms with van der Waals surface area (Å²) in [7, 11) is 1.61. The second-order valence-electron chi connectivity index (χ2n) is 6.33. The molecule has 2 N–H and O–H groups in total. The molecule has 0 unspecified atom stereocenters. The van der Waals surface area contributed by atoms with Crippen LogP contribution in [0.2, 0.25) is 0 Å². The van der Waals surface area contributed by atoms with Gasteiger partial charge in [-0.05, 0) is 24.1 Å². The molecular weight excluding hydrogens is 316 g/mol. The van der Waals surface area contributed by atoms with E-state index in [1.807, 2.05) is 48.5 Å². The predicted molar refractivity (Wildman–Crippen MR) is 96.7 cm³/mol. The lowest BCUT2D eigenvalue weighted by Gasteiger charge is -2.15. The topological polar surface area (TPSA) is 68.7 Å². The summed E-state index contributed by atoms with van der Waals surface area (Å²) >= 11 is 0. The number of carbonyl (C=O) groups excluding carboxylic acids is 1. The number of benzene rings is 2. The number of methoxy groups -OCH3 is 1. The summed E-state index contributed by atoms with van der Waals surface area (Å²) in [5.74, 6) is 0.952. The highest BCUT2D eigenvalue weighted by Crippen LogP contribution is 2.37.